The Balaban J connectivity index is 2.06. The summed E-state index contributed by atoms with van der Waals surface area (Å²) in [6.45, 7) is 9.44. The van der Waals surface area contributed by atoms with E-state index in [4.69, 9.17) is 0 Å². The molecule has 0 aliphatic heterocycles. The van der Waals surface area contributed by atoms with Crippen LogP contribution in [0, 0.1) is 6.92 Å². The first kappa shape index (κ1) is 16.0. The molecule has 2 rings (SSSR count). The first-order valence-corrected chi connectivity index (χ1v) is 8.96. The molecule has 2 aromatic rings. The van der Waals surface area contributed by atoms with Gasteiger partial charge in [0.15, 0.2) is 4.34 Å². The van der Waals surface area contributed by atoms with Gasteiger partial charge in [0.2, 0.25) is 0 Å². The van der Waals surface area contributed by atoms with Crippen molar-refractivity contribution < 1.29 is 0 Å². The molecule has 20 heavy (non-hydrogen) atoms. The molecule has 2 nitrogen and oxygen atoms in total. The first-order chi connectivity index (χ1) is 9.33. The number of benzene rings is 1. The number of rotatable bonds is 4. The third-order valence-corrected chi connectivity index (χ3v) is 5.67. The summed E-state index contributed by atoms with van der Waals surface area (Å²) >= 11 is 7.06. The molecule has 0 amide bonds. The van der Waals surface area contributed by atoms with Crippen molar-refractivity contribution in [1.82, 2.24) is 10.3 Å². The Morgan fingerprint density at radius 3 is 2.65 bits per heavy atom. The SMILES string of the molecule is Cc1csc(Sc2ccc(CNC(C)(C)C)cc2Br)n1. The summed E-state index contributed by atoms with van der Waals surface area (Å²) in [5, 5.41) is 5.58. The van der Waals surface area contributed by atoms with E-state index in [1.165, 1.54) is 10.5 Å². The summed E-state index contributed by atoms with van der Waals surface area (Å²) < 4.78 is 2.22. The highest BCUT2D eigenvalue weighted by molar-refractivity contribution is 9.10. The van der Waals surface area contributed by atoms with Crippen molar-refractivity contribution in [2.45, 2.75) is 49.0 Å². The van der Waals surface area contributed by atoms with Gasteiger partial charge in [-0.15, -0.1) is 11.3 Å². The Kier molecular flexibility index (Phi) is 5.29. The second-order valence-corrected chi connectivity index (χ2v) is 8.73. The topological polar surface area (TPSA) is 24.9 Å². The fourth-order valence-corrected chi connectivity index (χ4v) is 4.04. The van der Waals surface area contributed by atoms with Crippen LogP contribution in [0.1, 0.15) is 32.0 Å². The molecule has 0 saturated carbocycles. The van der Waals surface area contributed by atoms with E-state index >= 15 is 0 Å². The average molecular weight is 371 g/mol. The molecule has 1 heterocycles. The summed E-state index contributed by atoms with van der Waals surface area (Å²) in [5.41, 5.74) is 2.50. The van der Waals surface area contributed by atoms with Gasteiger partial charge in [0.25, 0.3) is 0 Å². The molecule has 0 aliphatic rings. The van der Waals surface area contributed by atoms with Crippen molar-refractivity contribution in [2.24, 2.45) is 0 Å². The van der Waals surface area contributed by atoms with E-state index < -0.39 is 0 Å². The zero-order valence-electron chi connectivity index (χ0n) is 12.2. The molecule has 1 aromatic carbocycles. The lowest BCUT2D eigenvalue weighted by atomic mass is 10.1. The lowest BCUT2D eigenvalue weighted by Crippen LogP contribution is -2.35. The standard InChI is InChI=1S/C15H19BrN2S2/c1-10-9-19-14(18-10)20-13-6-5-11(7-12(13)16)8-17-15(2,3)4/h5-7,9,17H,8H2,1-4H3. The molecule has 0 radical (unpaired) electrons. The lowest BCUT2D eigenvalue weighted by molar-refractivity contribution is 0.424. The molecule has 0 unspecified atom stereocenters. The molecular weight excluding hydrogens is 352 g/mol. The van der Waals surface area contributed by atoms with Gasteiger partial charge in [-0.25, -0.2) is 4.98 Å². The fraction of sp³-hybridized carbons (Fsp3) is 0.400. The summed E-state index contributed by atoms with van der Waals surface area (Å²) in [4.78, 5) is 5.69. The second kappa shape index (κ2) is 6.60. The van der Waals surface area contributed by atoms with E-state index in [0.717, 1.165) is 21.1 Å². The van der Waals surface area contributed by atoms with Crippen molar-refractivity contribution in [3.05, 3.63) is 39.3 Å². The molecule has 0 aliphatic carbocycles. The third kappa shape index (κ3) is 4.88. The quantitative estimate of drug-likeness (QED) is 0.794. The van der Waals surface area contributed by atoms with Gasteiger partial charge in [-0.3, -0.25) is 0 Å². The summed E-state index contributed by atoms with van der Waals surface area (Å²) in [6.07, 6.45) is 0. The molecule has 1 N–H and O–H groups in total. The van der Waals surface area contributed by atoms with E-state index in [1.54, 1.807) is 23.1 Å². The van der Waals surface area contributed by atoms with Crippen LogP contribution in [0.3, 0.4) is 0 Å². The predicted molar refractivity (Wildman–Crippen MR) is 91.7 cm³/mol. The van der Waals surface area contributed by atoms with E-state index in [2.05, 4.69) is 70.6 Å². The predicted octanol–water partition coefficient (Wildman–Crippen LogP) is 5.25. The molecule has 0 spiro atoms. The number of thiazole rings is 1. The molecule has 1 aromatic heterocycles. The molecule has 108 valence electrons. The van der Waals surface area contributed by atoms with E-state index in [9.17, 15) is 0 Å². The molecule has 0 atom stereocenters. The van der Waals surface area contributed by atoms with Crippen LogP contribution in [-0.2, 0) is 6.54 Å². The number of aryl methyl sites for hydroxylation is 1. The highest BCUT2D eigenvalue weighted by atomic mass is 79.9. The molecular formula is C15H19BrN2S2. The van der Waals surface area contributed by atoms with Crippen molar-refractivity contribution in [1.29, 1.82) is 0 Å². The maximum atomic E-state index is 4.49. The Labute approximate surface area is 137 Å². The lowest BCUT2D eigenvalue weighted by Gasteiger charge is -2.20. The molecule has 5 heteroatoms. The van der Waals surface area contributed by atoms with Crippen molar-refractivity contribution in [2.75, 3.05) is 0 Å². The third-order valence-electron chi connectivity index (χ3n) is 2.61. The first-order valence-electron chi connectivity index (χ1n) is 6.47. The van der Waals surface area contributed by atoms with Crippen LogP contribution in [0.2, 0.25) is 0 Å². The normalized spacial score (nSPS) is 11.8. The van der Waals surface area contributed by atoms with Crippen LogP contribution in [-0.4, -0.2) is 10.5 Å². The monoisotopic (exact) mass is 370 g/mol. The van der Waals surface area contributed by atoms with Gasteiger partial charge in [0.1, 0.15) is 0 Å². The van der Waals surface area contributed by atoms with Crippen LogP contribution < -0.4 is 5.32 Å². The minimum Gasteiger partial charge on any atom is -0.308 e. The minimum absolute atomic E-state index is 0.137. The number of hydrogen-bond donors (Lipinski definition) is 1. The highest BCUT2D eigenvalue weighted by Crippen LogP contribution is 2.35. The van der Waals surface area contributed by atoms with Crippen LogP contribution in [0.25, 0.3) is 0 Å². The number of nitrogens with one attached hydrogen (secondary N) is 1. The van der Waals surface area contributed by atoms with Gasteiger partial charge >= 0.3 is 0 Å². The number of nitrogens with zero attached hydrogens (tertiary/aromatic N) is 1. The van der Waals surface area contributed by atoms with Gasteiger partial charge in [0, 0.05) is 32.5 Å². The summed E-state index contributed by atoms with van der Waals surface area (Å²) in [5.74, 6) is 0. The maximum Gasteiger partial charge on any atom is 0.154 e. The molecule has 0 fully saturated rings. The zero-order valence-corrected chi connectivity index (χ0v) is 15.4. The van der Waals surface area contributed by atoms with Crippen LogP contribution in [0.4, 0.5) is 0 Å². The average Bonchev–Trinajstić information content (AvgIpc) is 2.74. The van der Waals surface area contributed by atoms with Gasteiger partial charge in [0.05, 0.1) is 0 Å². The Morgan fingerprint density at radius 1 is 1.35 bits per heavy atom. The Morgan fingerprint density at radius 2 is 2.10 bits per heavy atom. The Bertz CT molecular complexity index is 588. The van der Waals surface area contributed by atoms with E-state index in [1.807, 2.05) is 6.92 Å². The highest BCUT2D eigenvalue weighted by Gasteiger charge is 2.10. The Hall–Kier alpha value is -0.360. The van der Waals surface area contributed by atoms with Crippen molar-refractivity contribution in [3.8, 4) is 0 Å². The zero-order chi connectivity index (χ0) is 14.8. The summed E-state index contributed by atoms with van der Waals surface area (Å²) in [7, 11) is 0. The number of aromatic nitrogens is 1. The largest absolute Gasteiger partial charge is 0.308 e. The molecule has 0 bridgehead atoms. The van der Waals surface area contributed by atoms with Gasteiger partial charge < -0.3 is 5.32 Å². The smallest absolute Gasteiger partial charge is 0.154 e. The van der Waals surface area contributed by atoms with Crippen LogP contribution >= 0.6 is 39.0 Å². The van der Waals surface area contributed by atoms with Gasteiger partial charge in [-0.1, -0.05) is 17.8 Å². The summed E-state index contributed by atoms with van der Waals surface area (Å²) in [6, 6.07) is 6.51. The van der Waals surface area contributed by atoms with Gasteiger partial charge in [-0.05, 0) is 61.3 Å². The van der Waals surface area contributed by atoms with Gasteiger partial charge in [-0.2, -0.15) is 0 Å². The second-order valence-electron chi connectivity index (χ2n) is 5.73. The fourth-order valence-electron chi connectivity index (χ4n) is 1.58. The maximum absolute atomic E-state index is 4.49. The van der Waals surface area contributed by atoms with Crippen molar-refractivity contribution >= 4 is 39.0 Å². The van der Waals surface area contributed by atoms with E-state index in [-0.39, 0.29) is 5.54 Å². The van der Waals surface area contributed by atoms with Crippen LogP contribution in [0.15, 0.2) is 37.3 Å². The van der Waals surface area contributed by atoms with Crippen molar-refractivity contribution in [3.63, 3.8) is 0 Å². The molecule has 0 saturated heterocycles. The number of halogens is 1. The van der Waals surface area contributed by atoms with Crippen LogP contribution in [0.5, 0.6) is 0 Å². The minimum atomic E-state index is 0.137. The number of hydrogen-bond acceptors (Lipinski definition) is 4. The van der Waals surface area contributed by atoms with E-state index in [0.29, 0.717) is 0 Å².